The summed E-state index contributed by atoms with van der Waals surface area (Å²) in [6.45, 7) is 2.28. The molecule has 0 aliphatic heterocycles. The maximum Gasteiger partial charge on any atom is 0.268 e. The maximum atomic E-state index is 13.0. The van der Waals surface area contributed by atoms with Crippen LogP contribution in [0.4, 0.5) is 0 Å². The van der Waals surface area contributed by atoms with E-state index < -0.39 is 0 Å². The first-order valence-corrected chi connectivity index (χ1v) is 9.04. The van der Waals surface area contributed by atoms with Crippen molar-refractivity contribution in [3.63, 3.8) is 0 Å². The minimum absolute atomic E-state index is 0.138. The van der Waals surface area contributed by atoms with Crippen LogP contribution in [0.25, 0.3) is 16.7 Å². The fourth-order valence-electron chi connectivity index (χ4n) is 3.34. The van der Waals surface area contributed by atoms with Crippen LogP contribution in [-0.2, 0) is 6.54 Å². The second kappa shape index (κ2) is 7.28. The fraction of sp³-hybridized carbons (Fsp3) is 0.190. The van der Waals surface area contributed by atoms with E-state index in [0.29, 0.717) is 28.9 Å². The van der Waals surface area contributed by atoms with E-state index in [2.05, 4.69) is 5.32 Å². The van der Waals surface area contributed by atoms with Crippen LogP contribution >= 0.6 is 0 Å². The molecule has 4 rings (SSSR count). The third kappa shape index (κ3) is 3.05. The van der Waals surface area contributed by atoms with Gasteiger partial charge >= 0.3 is 0 Å². The molecule has 3 heterocycles. The zero-order valence-corrected chi connectivity index (χ0v) is 15.4. The highest BCUT2D eigenvalue weighted by atomic mass is 16.3. The number of aliphatic hydroxyl groups excluding tert-OH is 1. The van der Waals surface area contributed by atoms with Crippen LogP contribution in [0.3, 0.4) is 0 Å². The first-order valence-electron chi connectivity index (χ1n) is 9.04. The molecule has 0 radical (unpaired) electrons. The molecule has 0 aliphatic rings. The summed E-state index contributed by atoms with van der Waals surface area (Å²) >= 11 is 0. The number of rotatable bonds is 5. The molecule has 1 amide bonds. The number of hydrogen-bond donors (Lipinski definition) is 2. The van der Waals surface area contributed by atoms with E-state index in [4.69, 9.17) is 10.1 Å². The summed E-state index contributed by atoms with van der Waals surface area (Å²) in [5.74, 6) is -0.354. The summed E-state index contributed by atoms with van der Waals surface area (Å²) in [6, 6.07) is 15.0. The van der Waals surface area contributed by atoms with E-state index in [9.17, 15) is 9.59 Å². The molecule has 7 nitrogen and oxygen atoms in total. The Bertz CT molecular complexity index is 1230. The van der Waals surface area contributed by atoms with Gasteiger partial charge in [-0.15, -0.1) is 0 Å². The van der Waals surface area contributed by atoms with Crippen molar-refractivity contribution in [3.8, 4) is 0 Å². The number of aromatic nitrogens is 3. The molecule has 4 aromatic rings. The average Bonchev–Trinajstić information content (AvgIpc) is 3.07. The van der Waals surface area contributed by atoms with Gasteiger partial charge in [0.2, 0.25) is 0 Å². The van der Waals surface area contributed by atoms with Crippen molar-refractivity contribution in [3.05, 3.63) is 81.9 Å². The Labute approximate surface area is 160 Å². The summed E-state index contributed by atoms with van der Waals surface area (Å²) in [5, 5.41) is 12.1. The predicted octanol–water partition coefficient (Wildman–Crippen LogP) is 1.73. The molecular weight excluding hydrogens is 356 g/mol. The van der Waals surface area contributed by atoms with Gasteiger partial charge in [0.05, 0.1) is 12.0 Å². The molecule has 1 aromatic carbocycles. The number of benzene rings is 1. The van der Waals surface area contributed by atoms with Crippen molar-refractivity contribution in [1.29, 1.82) is 0 Å². The first kappa shape index (κ1) is 17.9. The lowest BCUT2D eigenvalue weighted by Crippen LogP contribution is -2.28. The summed E-state index contributed by atoms with van der Waals surface area (Å²) in [5.41, 5.74) is 3.02. The van der Waals surface area contributed by atoms with Gasteiger partial charge in [-0.05, 0) is 30.2 Å². The molecule has 0 bridgehead atoms. The van der Waals surface area contributed by atoms with Gasteiger partial charge in [-0.25, -0.2) is 4.98 Å². The Morgan fingerprint density at radius 1 is 1.14 bits per heavy atom. The quantitative estimate of drug-likeness (QED) is 0.555. The molecule has 2 N–H and O–H groups in total. The van der Waals surface area contributed by atoms with Crippen LogP contribution in [0, 0.1) is 6.92 Å². The average molecular weight is 376 g/mol. The number of amides is 1. The van der Waals surface area contributed by atoms with Gasteiger partial charge in [-0.3, -0.25) is 14.0 Å². The highest BCUT2D eigenvalue weighted by Crippen LogP contribution is 2.19. The summed E-state index contributed by atoms with van der Waals surface area (Å²) in [6.07, 6.45) is 1.68. The first-order chi connectivity index (χ1) is 13.6. The van der Waals surface area contributed by atoms with Crippen LogP contribution in [0.5, 0.6) is 0 Å². The highest BCUT2D eigenvalue weighted by Gasteiger charge is 2.20. The third-order valence-corrected chi connectivity index (χ3v) is 4.71. The summed E-state index contributed by atoms with van der Waals surface area (Å²) in [7, 11) is 0. The van der Waals surface area contributed by atoms with Gasteiger partial charge in [-0.2, -0.15) is 0 Å². The van der Waals surface area contributed by atoms with Gasteiger partial charge in [0.25, 0.3) is 11.5 Å². The van der Waals surface area contributed by atoms with Crippen LogP contribution in [0.1, 0.15) is 21.6 Å². The molecule has 0 saturated heterocycles. The van der Waals surface area contributed by atoms with Crippen molar-refractivity contribution in [1.82, 2.24) is 19.3 Å². The Kier molecular flexibility index (Phi) is 4.67. The van der Waals surface area contributed by atoms with Crippen molar-refractivity contribution in [2.75, 3.05) is 13.2 Å². The molecule has 3 aromatic heterocycles. The van der Waals surface area contributed by atoms with Crippen molar-refractivity contribution in [2.24, 2.45) is 0 Å². The third-order valence-electron chi connectivity index (χ3n) is 4.71. The molecular formula is C21H20N4O3. The van der Waals surface area contributed by atoms with Crippen LogP contribution in [0.2, 0.25) is 0 Å². The molecule has 0 fully saturated rings. The molecule has 0 unspecified atom stereocenters. The van der Waals surface area contributed by atoms with E-state index in [1.165, 1.54) is 4.40 Å². The van der Waals surface area contributed by atoms with Gasteiger partial charge < -0.3 is 15.0 Å². The van der Waals surface area contributed by atoms with E-state index in [-0.39, 0.29) is 24.6 Å². The standard InChI is InChI=1S/C21H20N4O3/c1-14-6-5-10-24-18(14)23-19-16(21(24)28)12-17(20(27)22-9-11-26)25(19)13-15-7-3-2-4-8-15/h2-8,10,12,26H,9,11,13H2,1H3,(H,22,27). The number of aliphatic hydroxyl groups is 1. The van der Waals surface area contributed by atoms with Crippen LogP contribution < -0.4 is 10.9 Å². The molecule has 0 spiro atoms. The molecule has 0 saturated carbocycles. The molecule has 7 heteroatoms. The lowest BCUT2D eigenvalue weighted by atomic mass is 10.2. The molecule has 28 heavy (non-hydrogen) atoms. The summed E-state index contributed by atoms with van der Waals surface area (Å²) in [4.78, 5) is 30.4. The van der Waals surface area contributed by atoms with Gasteiger partial charge in [0.15, 0.2) is 0 Å². The minimum atomic E-state index is -0.354. The van der Waals surface area contributed by atoms with Gasteiger partial charge in [-0.1, -0.05) is 36.4 Å². The number of fused-ring (bicyclic) bond motifs is 2. The fourth-order valence-corrected chi connectivity index (χ4v) is 3.34. The lowest BCUT2D eigenvalue weighted by Gasteiger charge is -2.11. The largest absolute Gasteiger partial charge is 0.395 e. The number of nitrogens with one attached hydrogen (secondary N) is 1. The lowest BCUT2D eigenvalue weighted by molar-refractivity contribution is 0.0936. The SMILES string of the molecule is Cc1cccn2c(=O)c3cc(C(=O)NCCO)n(Cc4ccccc4)c3nc12. The predicted molar refractivity (Wildman–Crippen MR) is 107 cm³/mol. The minimum Gasteiger partial charge on any atom is -0.395 e. The Hall–Kier alpha value is -3.45. The molecule has 0 aliphatic carbocycles. The van der Waals surface area contributed by atoms with Gasteiger partial charge in [0.1, 0.15) is 17.0 Å². The van der Waals surface area contributed by atoms with Gasteiger partial charge in [0, 0.05) is 19.3 Å². The van der Waals surface area contributed by atoms with Crippen molar-refractivity contribution >= 4 is 22.6 Å². The number of hydrogen-bond acceptors (Lipinski definition) is 4. The molecule has 0 atom stereocenters. The van der Waals surface area contributed by atoms with E-state index in [0.717, 1.165) is 11.1 Å². The number of nitrogens with zero attached hydrogens (tertiary/aromatic N) is 3. The van der Waals surface area contributed by atoms with Crippen LogP contribution in [-0.4, -0.2) is 38.1 Å². The summed E-state index contributed by atoms with van der Waals surface area (Å²) < 4.78 is 3.26. The van der Waals surface area contributed by atoms with Crippen molar-refractivity contribution < 1.29 is 9.90 Å². The number of aryl methyl sites for hydroxylation is 1. The van der Waals surface area contributed by atoms with E-state index >= 15 is 0 Å². The zero-order valence-electron chi connectivity index (χ0n) is 15.4. The smallest absolute Gasteiger partial charge is 0.268 e. The second-order valence-electron chi connectivity index (χ2n) is 6.62. The normalized spacial score (nSPS) is 11.2. The molecule has 142 valence electrons. The Morgan fingerprint density at radius 2 is 1.93 bits per heavy atom. The second-order valence-corrected chi connectivity index (χ2v) is 6.62. The van der Waals surface area contributed by atoms with E-state index in [1.54, 1.807) is 22.9 Å². The number of carbonyl (C=O) groups is 1. The van der Waals surface area contributed by atoms with Crippen LogP contribution in [0.15, 0.2) is 59.5 Å². The van der Waals surface area contributed by atoms with E-state index in [1.807, 2.05) is 43.3 Å². The highest BCUT2D eigenvalue weighted by molar-refractivity contribution is 5.98. The van der Waals surface area contributed by atoms with Crippen molar-refractivity contribution in [2.45, 2.75) is 13.5 Å². The number of carbonyl (C=O) groups excluding carboxylic acids is 1. The Balaban J connectivity index is 1.98. The zero-order chi connectivity index (χ0) is 19.7. The Morgan fingerprint density at radius 3 is 2.68 bits per heavy atom. The topological polar surface area (TPSA) is 88.6 Å². The maximum absolute atomic E-state index is 13.0. The monoisotopic (exact) mass is 376 g/mol. The number of pyridine rings is 1.